The van der Waals surface area contributed by atoms with E-state index in [1.165, 1.54) is 31.3 Å². The van der Waals surface area contributed by atoms with Crippen molar-refractivity contribution in [3.05, 3.63) is 35.4 Å². The number of nitrogens with one attached hydrogen (secondary N) is 1. The molecule has 1 aromatic rings. The van der Waals surface area contributed by atoms with Crippen LogP contribution in [0.4, 0.5) is 0 Å². The molecule has 0 saturated heterocycles. The quantitative estimate of drug-likeness (QED) is 0.773. The summed E-state index contributed by atoms with van der Waals surface area (Å²) in [6, 6.07) is 5.96. The third-order valence-corrected chi connectivity index (χ3v) is 4.63. The van der Waals surface area contributed by atoms with E-state index in [4.69, 9.17) is 9.47 Å². The Labute approximate surface area is 150 Å². The molecule has 0 aromatic heterocycles. The molecular formula is C20H28N2O3. The first-order valence-corrected chi connectivity index (χ1v) is 9.22. The minimum absolute atomic E-state index is 0.0800. The number of allylic oxidation sites excluding steroid dienone is 1. The molecule has 0 unspecified atom stereocenters. The van der Waals surface area contributed by atoms with Crippen LogP contribution >= 0.6 is 0 Å². The number of hydrogen-bond acceptors (Lipinski definition) is 4. The van der Waals surface area contributed by atoms with Crippen molar-refractivity contribution in [1.82, 2.24) is 10.2 Å². The monoisotopic (exact) mass is 344 g/mol. The standard InChI is InChI=1S/C20H28N2O3/c1-22(14-17-7-8-18-19(13-17)25-12-11-24-18)15-20(23)21-10-9-16-5-3-2-4-6-16/h5,7-8,13H,2-4,6,9-12,14-15H2,1H3,(H,21,23). The number of rotatable bonds is 7. The van der Waals surface area contributed by atoms with E-state index < -0.39 is 0 Å². The number of nitrogens with zero attached hydrogens (tertiary/aromatic N) is 1. The number of hydrogen-bond donors (Lipinski definition) is 1. The molecule has 1 amide bonds. The minimum Gasteiger partial charge on any atom is -0.486 e. The Morgan fingerprint density at radius 2 is 2.04 bits per heavy atom. The van der Waals surface area contributed by atoms with E-state index in [1.54, 1.807) is 0 Å². The number of carbonyl (C=O) groups is 1. The van der Waals surface area contributed by atoms with Crippen LogP contribution in [-0.2, 0) is 11.3 Å². The van der Waals surface area contributed by atoms with E-state index in [9.17, 15) is 4.79 Å². The summed E-state index contributed by atoms with van der Waals surface area (Å²) in [5.74, 6) is 1.67. The van der Waals surface area contributed by atoms with Gasteiger partial charge in [0.1, 0.15) is 13.2 Å². The summed E-state index contributed by atoms with van der Waals surface area (Å²) in [5, 5.41) is 3.03. The molecule has 1 aliphatic carbocycles. The Morgan fingerprint density at radius 3 is 2.84 bits per heavy atom. The zero-order valence-corrected chi connectivity index (χ0v) is 15.1. The van der Waals surface area contributed by atoms with Gasteiger partial charge in [0.2, 0.25) is 5.91 Å². The van der Waals surface area contributed by atoms with Crippen LogP contribution in [0.15, 0.2) is 29.8 Å². The van der Waals surface area contributed by atoms with E-state index in [1.807, 2.05) is 30.1 Å². The molecule has 25 heavy (non-hydrogen) atoms. The molecule has 0 bridgehead atoms. The van der Waals surface area contributed by atoms with Crippen molar-refractivity contribution in [2.24, 2.45) is 0 Å². The van der Waals surface area contributed by atoms with Crippen LogP contribution in [0, 0.1) is 0 Å². The summed E-state index contributed by atoms with van der Waals surface area (Å²) < 4.78 is 11.1. The highest BCUT2D eigenvalue weighted by Crippen LogP contribution is 2.31. The number of benzene rings is 1. The molecule has 5 heteroatoms. The molecule has 1 aliphatic heterocycles. The summed E-state index contributed by atoms with van der Waals surface area (Å²) in [6.07, 6.45) is 8.31. The Kier molecular flexibility index (Phi) is 6.34. The molecule has 1 heterocycles. The fourth-order valence-corrected chi connectivity index (χ4v) is 3.35. The lowest BCUT2D eigenvalue weighted by Crippen LogP contribution is -2.35. The number of ether oxygens (including phenoxy) is 2. The molecule has 0 saturated carbocycles. The summed E-state index contributed by atoms with van der Waals surface area (Å²) in [6.45, 7) is 3.03. The highest BCUT2D eigenvalue weighted by molar-refractivity contribution is 5.77. The van der Waals surface area contributed by atoms with Gasteiger partial charge in [0.15, 0.2) is 11.5 Å². The van der Waals surface area contributed by atoms with Gasteiger partial charge in [-0.15, -0.1) is 0 Å². The van der Waals surface area contributed by atoms with Crippen molar-refractivity contribution in [1.29, 1.82) is 0 Å². The molecule has 1 N–H and O–H groups in total. The highest BCUT2D eigenvalue weighted by Gasteiger charge is 2.13. The van der Waals surface area contributed by atoms with Crippen LogP contribution in [0.3, 0.4) is 0 Å². The van der Waals surface area contributed by atoms with Crippen molar-refractivity contribution in [2.45, 2.75) is 38.6 Å². The lowest BCUT2D eigenvalue weighted by atomic mass is 9.97. The van der Waals surface area contributed by atoms with Gasteiger partial charge in [-0.3, -0.25) is 9.69 Å². The normalized spacial score (nSPS) is 16.5. The Balaban J connectivity index is 1.40. The van der Waals surface area contributed by atoms with Gasteiger partial charge in [-0.25, -0.2) is 0 Å². The lowest BCUT2D eigenvalue weighted by molar-refractivity contribution is -0.122. The first-order valence-electron chi connectivity index (χ1n) is 9.22. The van der Waals surface area contributed by atoms with E-state index in [0.29, 0.717) is 26.3 Å². The minimum atomic E-state index is 0.0800. The lowest BCUT2D eigenvalue weighted by Gasteiger charge is -2.21. The highest BCUT2D eigenvalue weighted by atomic mass is 16.6. The van der Waals surface area contributed by atoms with Crippen LogP contribution in [0.1, 0.15) is 37.7 Å². The van der Waals surface area contributed by atoms with Crippen LogP contribution in [0.2, 0.25) is 0 Å². The fraction of sp³-hybridized carbons (Fsp3) is 0.550. The Bertz CT molecular complexity index is 627. The van der Waals surface area contributed by atoms with Gasteiger partial charge < -0.3 is 14.8 Å². The van der Waals surface area contributed by atoms with Crippen LogP contribution in [-0.4, -0.2) is 44.2 Å². The van der Waals surface area contributed by atoms with E-state index in [-0.39, 0.29) is 5.91 Å². The summed E-state index contributed by atoms with van der Waals surface area (Å²) in [7, 11) is 1.96. The molecule has 0 radical (unpaired) electrons. The van der Waals surface area contributed by atoms with Gasteiger partial charge >= 0.3 is 0 Å². The van der Waals surface area contributed by atoms with Gasteiger partial charge in [0.25, 0.3) is 0 Å². The summed E-state index contributed by atoms with van der Waals surface area (Å²) in [4.78, 5) is 14.1. The zero-order chi connectivity index (χ0) is 17.5. The molecule has 0 fully saturated rings. The maximum atomic E-state index is 12.1. The van der Waals surface area contributed by atoms with E-state index in [0.717, 1.165) is 30.0 Å². The number of amides is 1. The second-order valence-corrected chi connectivity index (χ2v) is 6.86. The molecule has 1 aromatic carbocycles. The third-order valence-electron chi connectivity index (χ3n) is 4.63. The van der Waals surface area contributed by atoms with Gasteiger partial charge in [0.05, 0.1) is 6.54 Å². The summed E-state index contributed by atoms with van der Waals surface area (Å²) in [5.41, 5.74) is 2.61. The Morgan fingerprint density at radius 1 is 1.20 bits per heavy atom. The first-order chi connectivity index (χ1) is 12.2. The van der Waals surface area contributed by atoms with Crippen molar-refractivity contribution in [3.8, 4) is 11.5 Å². The molecule has 0 atom stereocenters. The van der Waals surface area contributed by atoms with E-state index >= 15 is 0 Å². The molecule has 2 aliphatic rings. The predicted octanol–water partition coefficient (Wildman–Crippen LogP) is 2.90. The number of carbonyl (C=O) groups excluding carboxylic acids is 1. The molecular weight excluding hydrogens is 316 g/mol. The maximum Gasteiger partial charge on any atom is 0.234 e. The van der Waals surface area contributed by atoms with Gasteiger partial charge in [-0.1, -0.05) is 17.7 Å². The van der Waals surface area contributed by atoms with Crippen LogP contribution in [0.25, 0.3) is 0 Å². The Hall–Kier alpha value is -2.01. The molecule has 136 valence electrons. The second kappa shape index (κ2) is 8.90. The predicted molar refractivity (Wildman–Crippen MR) is 97.9 cm³/mol. The average Bonchev–Trinajstić information content (AvgIpc) is 2.62. The maximum absolute atomic E-state index is 12.1. The topological polar surface area (TPSA) is 50.8 Å². The number of fused-ring (bicyclic) bond motifs is 1. The van der Waals surface area contributed by atoms with Crippen molar-refractivity contribution in [2.75, 3.05) is 33.4 Å². The van der Waals surface area contributed by atoms with Crippen LogP contribution < -0.4 is 14.8 Å². The molecule has 5 nitrogen and oxygen atoms in total. The smallest absolute Gasteiger partial charge is 0.234 e. The van der Waals surface area contributed by atoms with Crippen molar-refractivity contribution < 1.29 is 14.3 Å². The van der Waals surface area contributed by atoms with Crippen molar-refractivity contribution in [3.63, 3.8) is 0 Å². The third kappa shape index (κ3) is 5.49. The SMILES string of the molecule is CN(CC(=O)NCCC1=CCCCC1)Cc1ccc2c(c1)OCCO2. The average molecular weight is 344 g/mol. The second-order valence-electron chi connectivity index (χ2n) is 6.86. The molecule has 0 spiro atoms. The largest absolute Gasteiger partial charge is 0.486 e. The first kappa shape index (κ1) is 17.8. The fourth-order valence-electron chi connectivity index (χ4n) is 3.35. The van der Waals surface area contributed by atoms with Gasteiger partial charge in [0, 0.05) is 13.1 Å². The van der Waals surface area contributed by atoms with Gasteiger partial charge in [-0.05, 0) is 56.8 Å². The van der Waals surface area contributed by atoms with E-state index in [2.05, 4.69) is 11.4 Å². The zero-order valence-electron chi connectivity index (χ0n) is 15.1. The van der Waals surface area contributed by atoms with Gasteiger partial charge in [-0.2, -0.15) is 0 Å². The summed E-state index contributed by atoms with van der Waals surface area (Å²) >= 11 is 0. The van der Waals surface area contributed by atoms with Crippen LogP contribution in [0.5, 0.6) is 11.5 Å². The van der Waals surface area contributed by atoms with Crippen molar-refractivity contribution >= 4 is 5.91 Å². The number of likely N-dealkylation sites (N-methyl/N-ethyl adjacent to an activating group) is 1. The molecule has 3 rings (SSSR count).